The molecule has 0 spiro atoms. The van der Waals surface area contributed by atoms with Gasteiger partial charge in [0, 0.05) is 12.6 Å². The van der Waals surface area contributed by atoms with Crippen LogP contribution in [0.5, 0.6) is 0 Å². The number of rotatable bonds is 7. The summed E-state index contributed by atoms with van der Waals surface area (Å²) in [6.07, 6.45) is 0.695. The Hall–Kier alpha value is -3.49. The van der Waals surface area contributed by atoms with Gasteiger partial charge in [-0.3, -0.25) is 19.3 Å². The van der Waals surface area contributed by atoms with Gasteiger partial charge in [0.15, 0.2) is 12.4 Å². The van der Waals surface area contributed by atoms with Gasteiger partial charge in [0.05, 0.1) is 16.7 Å². The summed E-state index contributed by atoms with van der Waals surface area (Å²) < 4.78 is 9.80. The van der Waals surface area contributed by atoms with E-state index in [1.54, 1.807) is 6.92 Å². The highest BCUT2D eigenvalue weighted by Gasteiger charge is 2.35. The molecule has 152 valence electrons. The summed E-state index contributed by atoms with van der Waals surface area (Å²) in [5, 5.41) is 6.03. The first-order chi connectivity index (χ1) is 13.8. The number of aryl methyl sites for hydroxylation is 1. The van der Waals surface area contributed by atoms with Crippen LogP contribution in [-0.4, -0.2) is 46.9 Å². The average Bonchev–Trinajstić information content (AvgIpc) is 3.19. The number of amides is 3. The number of carbonyl (C=O) groups excluding carboxylic acids is 4. The van der Waals surface area contributed by atoms with E-state index in [4.69, 9.17) is 9.26 Å². The topological polar surface area (TPSA) is 119 Å². The lowest BCUT2D eigenvalue weighted by atomic mass is 10.1. The van der Waals surface area contributed by atoms with E-state index in [9.17, 15) is 19.2 Å². The van der Waals surface area contributed by atoms with E-state index >= 15 is 0 Å². The molecular formula is C20H21N3O6. The summed E-state index contributed by atoms with van der Waals surface area (Å²) in [6.45, 7) is 5.48. The van der Waals surface area contributed by atoms with Crippen molar-refractivity contribution >= 4 is 29.5 Å². The number of ether oxygens (including phenoxy) is 1. The minimum absolute atomic E-state index is 0.0840. The van der Waals surface area contributed by atoms with Crippen molar-refractivity contribution in [3.63, 3.8) is 0 Å². The number of anilines is 1. The molecule has 9 heteroatoms. The van der Waals surface area contributed by atoms with Gasteiger partial charge in [0.25, 0.3) is 17.7 Å². The lowest BCUT2D eigenvalue weighted by Crippen LogP contribution is -2.31. The molecule has 0 unspecified atom stereocenters. The fraction of sp³-hybridized carbons (Fsp3) is 0.350. The minimum atomic E-state index is -0.778. The Morgan fingerprint density at radius 1 is 1.17 bits per heavy atom. The van der Waals surface area contributed by atoms with Gasteiger partial charge in [-0.25, -0.2) is 4.79 Å². The van der Waals surface area contributed by atoms with Crippen LogP contribution in [0.25, 0.3) is 0 Å². The Labute approximate surface area is 167 Å². The van der Waals surface area contributed by atoms with Crippen LogP contribution < -0.4 is 5.32 Å². The number of esters is 1. The largest absolute Gasteiger partial charge is 0.452 e. The molecule has 1 aliphatic heterocycles. The van der Waals surface area contributed by atoms with Crippen LogP contribution in [0, 0.1) is 12.8 Å². The Kier molecular flexibility index (Phi) is 5.76. The molecule has 2 aromatic rings. The van der Waals surface area contributed by atoms with Crippen LogP contribution in [0.2, 0.25) is 0 Å². The summed E-state index contributed by atoms with van der Waals surface area (Å²) in [5.74, 6) is -1.08. The highest BCUT2D eigenvalue weighted by atomic mass is 16.5. The van der Waals surface area contributed by atoms with Crippen LogP contribution in [0.1, 0.15) is 57.1 Å². The van der Waals surface area contributed by atoms with Crippen molar-refractivity contribution in [2.24, 2.45) is 5.92 Å². The standard InChI is InChI=1S/C20H21N3O6/c1-11(2)6-7-23-18(25)14-5-4-13(9-15(14)19(23)26)20(27)28-10-17(24)21-16-8-12(3)29-22-16/h4-5,8-9,11H,6-7,10H2,1-3H3,(H,21,22,24). The van der Waals surface area contributed by atoms with Crippen LogP contribution in [0.3, 0.4) is 0 Å². The number of hydrogen-bond donors (Lipinski definition) is 1. The molecular weight excluding hydrogens is 378 g/mol. The van der Waals surface area contributed by atoms with Gasteiger partial charge in [-0.05, 0) is 37.5 Å². The van der Waals surface area contributed by atoms with E-state index in [1.807, 2.05) is 13.8 Å². The molecule has 1 aliphatic rings. The molecule has 2 heterocycles. The molecule has 0 radical (unpaired) electrons. The zero-order chi connectivity index (χ0) is 21.1. The second kappa shape index (κ2) is 8.26. The number of imide groups is 1. The van der Waals surface area contributed by atoms with Gasteiger partial charge >= 0.3 is 5.97 Å². The lowest BCUT2D eigenvalue weighted by molar-refractivity contribution is -0.119. The van der Waals surface area contributed by atoms with Gasteiger partial charge < -0.3 is 14.6 Å². The molecule has 29 heavy (non-hydrogen) atoms. The molecule has 3 rings (SSSR count). The summed E-state index contributed by atoms with van der Waals surface area (Å²) >= 11 is 0. The van der Waals surface area contributed by atoms with Gasteiger partial charge in [-0.15, -0.1) is 0 Å². The molecule has 0 bridgehead atoms. The maximum atomic E-state index is 12.5. The number of nitrogens with zero attached hydrogens (tertiary/aromatic N) is 2. The summed E-state index contributed by atoms with van der Waals surface area (Å²) in [7, 11) is 0. The highest BCUT2D eigenvalue weighted by molar-refractivity contribution is 6.22. The second-order valence-electron chi connectivity index (χ2n) is 7.15. The quantitative estimate of drug-likeness (QED) is 0.561. The summed E-state index contributed by atoms with van der Waals surface area (Å²) in [5.41, 5.74) is 0.505. The zero-order valence-electron chi connectivity index (χ0n) is 16.4. The van der Waals surface area contributed by atoms with E-state index in [0.29, 0.717) is 24.6 Å². The van der Waals surface area contributed by atoms with Gasteiger partial charge in [0.2, 0.25) is 0 Å². The van der Waals surface area contributed by atoms with Crippen molar-refractivity contribution < 1.29 is 28.4 Å². The predicted molar refractivity (Wildman–Crippen MR) is 101 cm³/mol. The van der Waals surface area contributed by atoms with Crippen LogP contribution >= 0.6 is 0 Å². The van der Waals surface area contributed by atoms with Crippen LogP contribution in [0.15, 0.2) is 28.8 Å². The number of nitrogens with one attached hydrogen (secondary N) is 1. The Bertz CT molecular complexity index is 978. The first-order valence-corrected chi connectivity index (χ1v) is 9.16. The molecule has 1 aromatic carbocycles. The maximum absolute atomic E-state index is 12.5. The summed E-state index contributed by atoms with van der Waals surface area (Å²) in [6, 6.07) is 5.68. The third kappa shape index (κ3) is 4.50. The molecule has 0 aliphatic carbocycles. The monoisotopic (exact) mass is 399 g/mol. The average molecular weight is 399 g/mol. The fourth-order valence-electron chi connectivity index (χ4n) is 2.83. The number of fused-ring (bicyclic) bond motifs is 1. The predicted octanol–water partition coefficient (Wildman–Crippen LogP) is 2.42. The number of hydrogen-bond acceptors (Lipinski definition) is 7. The van der Waals surface area contributed by atoms with E-state index in [1.165, 1.54) is 29.2 Å². The molecule has 1 aromatic heterocycles. The van der Waals surface area contributed by atoms with Crippen molar-refractivity contribution in [3.8, 4) is 0 Å². The van der Waals surface area contributed by atoms with Crippen molar-refractivity contribution in [3.05, 3.63) is 46.7 Å². The van der Waals surface area contributed by atoms with Crippen molar-refractivity contribution in [2.45, 2.75) is 27.2 Å². The van der Waals surface area contributed by atoms with Gasteiger partial charge in [-0.1, -0.05) is 19.0 Å². The lowest BCUT2D eigenvalue weighted by Gasteiger charge is -2.14. The third-order valence-corrected chi connectivity index (χ3v) is 4.37. The number of carbonyl (C=O) groups is 4. The van der Waals surface area contributed by atoms with Gasteiger partial charge in [-0.2, -0.15) is 0 Å². The Balaban J connectivity index is 1.62. The van der Waals surface area contributed by atoms with E-state index in [2.05, 4.69) is 10.5 Å². The van der Waals surface area contributed by atoms with E-state index in [0.717, 1.165) is 0 Å². The van der Waals surface area contributed by atoms with Crippen molar-refractivity contribution in [2.75, 3.05) is 18.5 Å². The Morgan fingerprint density at radius 3 is 2.55 bits per heavy atom. The first-order valence-electron chi connectivity index (χ1n) is 9.16. The summed E-state index contributed by atoms with van der Waals surface area (Å²) in [4.78, 5) is 50.2. The van der Waals surface area contributed by atoms with E-state index < -0.39 is 24.4 Å². The fourth-order valence-corrected chi connectivity index (χ4v) is 2.83. The van der Waals surface area contributed by atoms with Crippen LogP contribution in [-0.2, 0) is 9.53 Å². The highest BCUT2D eigenvalue weighted by Crippen LogP contribution is 2.25. The number of benzene rings is 1. The molecule has 1 N–H and O–H groups in total. The third-order valence-electron chi connectivity index (χ3n) is 4.37. The van der Waals surface area contributed by atoms with Gasteiger partial charge in [0.1, 0.15) is 5.76 Å². The SMILES string of the molecule is Cc1cc(NC(=O)COC(=O)c2ccc3c(c2)C(=O)N(CCC(C)C)C3=O)no1. The Morgan fingerprint density at radius 2 is 1.90 bits per heavy atom. The molecule has 0 fully saturated rings. The molecule has 9 nitrogen and oxygen atoms in total. The first kappa shape index (κ1) is 20.2. The number of aromatic nitrogens is 1. The van der Waals surface area contributed by atoms with Crippen molar-refractivity contribution in [1.29, 1.82) is 0 Å². The smallest absolute Gasteiger partial charge is 0.338 e. The molecule has 0 atom stereocenters. The van der Waals surface area contributed by atoms with Crippen LogP contribution in [0.4, 0.5) is 5.82 Å². The maximum Gasteiger partial charge on any atom is 0.338 e. The molecule has 0 saturated carbocycles. The molecule has 3 amide bonds. The molecule has 0 saturated heterocycles. The minimum Gasteiger partial charge on any atom is -0.452 e. The van der Waals surface area contributed by atoms with E-state index in [-0.39, 0.29) is 28.4 Å². The normalized spacial score (nSPS) is 13.0. The second-order valence-corrected chi connectivity index (χ2v) is 7.15. The van der Waals surface area contributed by atoms with Crippen molar-refractivity contribution in [1.82, 2.24) is 10.1 Å². The zero-order valence-corrected chi connectivity index (χ0v) is 16.4.